The van der Waals surface area contributed by atoms with E-state index >= 15 is 0 Å². The van der Waals surface area contributed by atoms with Crippen molar-refractivity contribution < 1.29 is 0 Å². The second-order valence-electron chi connectivity index (χ2n) is 6.84. The summed E-state index contributed by atoms with van der Waals surface area (Å²) in [5, 5.41) is 0.784. The van der Waals surface area contributed by atoms with Crippen molar-refractivity contribution >= 4 is 28.8 Å². The summed E-state index contributed by atoms with van der Waals surface area (Å²) in [4.78, 5) is 0. The van der Waals surface area contributed by atoms with Crippen LogP contribution in [0.2, 0.25) is 5.02 Å². The fourth-order valence-electron chi connectivity index (χ4n) is 2.77. The fraction of sp³-hybridized carbons (Fsp3) is 0.529. The lowest BCUT2D eigenvalue weighted by molar-refractivity contribution is 0.106. The molecule has 0 spiro atoms. The van der Waals surface area contributed by atoms with Gasteiger partial charge >= 0.3 is 0 Å². The second-order valence-corrected chi connectivity index (χ2v) is 7.55. The van der Waals surface area contributed by atoms with Crippen LogP contribution in [0.1, 0.15) is 46.1 Å². The number of halogens is 2. The van der Waals surface area contributed by atoms with Gasteiger partial charge < -0.3 is 0 Å². The Morgan fingerprint density at radius 3 is 2.00 bits per heavy atom. The van der Waals surface area contributed by atoms with E-state index in [2.05, 4.69) is 39.8 Å². The minimum absolute atomic E-state index is 0.275. The molecular formula is C17H22Cl2. The topological polar surface area (TPSA) is 0 Å². The van der Waals surface area contributed by atoms with E-state index in [9.17, 15) is 0 Å². The Morgan fingerprint density at radius 2 is 1.47 bits per heavy atom. The molecular weight excluding hydrogens is 275 g/mol. The second kappa shape index (κ2) is 5.14. The molecule has 1 aliphatic rings. The lowest BCUT2D eigenvalue weighted by atomic mass is 9.58. The molecule has 0 bridgehead atoms. The minimum atomic E-state index is 0.275. The van der Waals surface area contributed by atoms with Crippen LogP contribution in [0.15, 0.2) is 29.8 Å². The van der Waals surface area contributed by atoms with Crippen LogP contribution in [-0.4, -0.2) is 5.88 Å². The molecule has 1 aromatic rings. The molecule has 0 saturated heterocycles. The van der Waals surface area contributed by atoms with E-state index < -0.39 is 0 Å². The molecule has 1 aliphatic carbocycles. The van der Waals surface area contributed by atoms with Gasteiger partial charge in [0.15, 0.2) is 0 Å². The molecule has 0 saturated carbocycles. The van der Waals surface area contributed by atoms with Gasteiger partial charge in [-0.3, -0.25) is 0 Å². The van der Waals surface area contributed by atoms with Crippen molar-refractivity contribution in [2.24, 2.45) is 10.8 Å². The van der Waals surface area contributed by atoms with Crippen molar-refractivity contribution in [3.8, 4) is 0 Å². The molecule has 0 unspecified atom stereocenters. The standard InChI is InChI=1S/C17H22Cl2/c1-16(2)9-13(11-18)15(10-17(16,3)4)12-5-7-14(19)8-6-12/h5-8H,9-11H2,1-4H3. The molecule has 104 valence electrons. The molecule has 0 amide bonds. The van der Waals surface area contributed by atoms with E-state index in [0.29, 0.717) is 5.88 Å². The van der Waals surface area contributed by atoms with Crippen molar-refractivity contribution in [1.82, 2.24) is 0 Å². The van der Waals surface area contributed by atoms with Crippen molar-refractivity contribution in [2.75, 3.05) is 5.88 Å². The average Bonchev–Trinajstić information content (AvgIpc) is 2.33. The summed E-state index contributed by atoms with van der Waals surface area (Å²) in [6, 6.07) is 8.14. The molecule has 0 radical (unpaired) electrons. The first-order valence-corrected chi connectivity index (χ1v) is 7.71. The smallest absolute Gasteiger partial charge is 0.0439 e. The maximum absolute atomic E-state index is 6.19. The van der Waals surface area contributed by atoms with E-state index in [4.69, 9.17) is 23.2 Å². The maximum atomic E-state index is 6.19. The normalized spacial score (nSPS) is 21.6. The SMILES string of the molecule is CC1(C)CC(CCl)=C(c2ccc(Cl)cc2)CC1(C)C. The van der Waals surface area contributed by atoms with Crippen LogP contribution in [0.25, 0.3) is 5.57 Å². The predicted molar refractivity (Wildman–Crippen MR) is 85.9 cm³/mol. The lowest BCUT2D eigenvalue weighted by Gasteiger charge is -2.47. The zero-order valence-electron chi connectivity index (χ0n) is 12.2. The van der Waals surface area contributed by atoms with Gasteiger partial charge in [-0.1, -0.05) is 57.0 Å². The van der Waals surface area contributed by atoms with Gasteiger partial charge in [-0.25, -0.2) is 0 Å². The van der Waals surface area contributed by atoms with Crippen molar-refractivity contribution in [3.05, 3.63) is 40.4 Å². The van der Waals surface area contributed by atoms with Gasteiger partial charge in [0.1, 0.15) is 0 Å². The van der Waals surface area contributed by atoms with E-state index in [-0.39, 0.29) is 10.8 Å². The van der Waals surface area contributed by atoms with Gasteiger partial charge in [0, 0.05) is 10.9 Å². The number of hydrogen-bond donors (Lipinski definition) is 0. The third kappa shape index (κ3) is 2.85. The molecule has 19 heavy (non-hydrogen) atoms. The van der Waals surface area contributed by atoms with Gasteiger partial charge in [-0.15, -0.1) is 11.6 Å². The highest BCUT2D eigenvalue weighted by molar-refractivity contribution is 6.30. The Balaban J connectivity index is 2.47. The summed E-state index contributed by atoms with van der Waals surface area (Å²) >= 11 is 12.2. The predicted octanol–water partition coefficient (Wildman–Crippen LogP) is 6.18. The van der Waals surface area contributed by atoms with Crippen LogP contribution >= 0.6 is 23.2 Å². The largest absolute Gasteiger partial charge is 0.122 e. The van der Waals surface area contributed by atoms with E-state index in [0.717, 1.165) is 17.9 Å². The van der Waals surface area contributed by atoms with Gasteiger partial charge in [0.25, 0.3) is 0 Å². The van der Waals surface area contributed by atoms with E-state index in [1.165, 1.54) is 16.7 Å². The number of hydrogen-bond acceptors (Lipinski definition) is 0. The first-order valence-electron chi connectivity index (χ1n) is 6.80. The minimum Gasteiger partial charge on any atom is -0.122 e. The maximum Gasteiger partial charge on any atom is 0.0439 e. The Hall–Kier alpha value is -0.460. The van der Waals surface area contributed by atoms with Crippen molar-refractivity contribution in [3.63, 3.8) is 0 Å². The molecule has 0 fully saturated rings. The first-order chi connectivity index (χ1) is 8.77. The zero-order valence-corrected chi connectivity index (χ0v) is 13.7. The quantitative estimate of drug-likeness (QED) is 0.572. The monoisotopic (exact) mass is 296 g/mol. The number of rotatable bonds is 2. The van der Waals surface area contributed by atoms with Crippen LogP contribution in [0.4, 0.5) is 0 Å². The molecule has 0 nitrogen and oxygen atoms in total. The molecule has 1 aromatic carbocycles. The molecule has 0 atom stereocenters. The Kier molecular flexibility index (Phi) is 4.05. The summed E-state index contributed by atoms with van der Waals surface area (Å²) < 4.78 is 0. The van der Waals surface area contributed by atoms with Crippen LogP contribution in [0, 0.1) is 10.8 Å². The third-order valence-electron chi connectivity index (χ3n) is 4.89. The van der Waals surface area contributed by atoms with Gasteiger partial charge in [-0.2, -0.15) is 0 Å². The van der Waals surface area contributed by atoms with Crippen LogP contribution in [0.5, 0.6) is 0 Å². The first kappa shape index (κ1) is 14.9. The van der Waals surface area contributed by atoms with Crippen LogP contribution in [0.3, 0.4) is 0 Å². The Labute approximate surface area is 126 Å². The summed E-state index contributed by atoms with van der Waals surface area (Å²) in [5.41, 5.74) is 4.62. The molecule has 0 heterocycles. The molecule has 0 N–H and O–H groups in total. The Bertz CT molecular complexity index is 492. The molecule has 2 rings (SSSR count). The number of allylic oxidation sites excluding steroid dienone is 2. The summed E-state index contributed by atoms with van der Waals surface area (Å²) in [6.45, 7) is 9.40. The lowest BCUT2D eigenvalue weighted by Crippen LogP contribution is -2.36. The highest BCUT2D eigenvalue weighted by Gasteiger charge is 2.42. The summed E-state index contributed by atoms with van der Waals surface area (Å²) in [7, 11) is 0. The fourth-order valence-corrected chi connectivity index (χ4v) is 3.15. The van der Waals surface area contributed by atoms with Gasteiger partial charge in [0.2, 0.25) is 0 Å². The van der Waals surface area contributed by atoms with Crippen LogP contribution < -0.4 is 0 Å². The van der Waals surface area contributed by atoms with Crippen molar-refractivity contribution in [1.29, 1.82) is 0 Å². The average molecular weight is 297 g/mol. The summed E-state index contributed by atoms with van der Waals surface area (Å²) in [5.74, 6) is 0.622. The highest BCUT2D eigenvalue weighted by atomic mass is 35.5. The van der Waals surface area contributed by atoms with Gasteiger partial charge in [-0.05, 0) is 46.9 Å². The van der Waals surface area contributed by atoms with Crippen molar-refractivity contribution in [2.45, 2.75) is 40.5 Å². The zero-order chi connectivity index (χ0) is 14.3. The van der Waals surface area contributed by atoms with Crippen LogP contribution in [-0.2, 0) is 0 Å². The third-order valence-corrected chi connectivity index (χ3v) is 5.46. The summed E-state index contributed by atoms with van der Waals surface area (Å²) in [6.07, 6.45) is 2.14. The van der Waals surface area contributed by atoms with E-state index in [1.807, 2.05) is 12.1 Å². The molecule has 2 heteroatoms. The molecule has 0 aliphatic heterocycles. The number of benzene rings is 1. The Morgan fingerprint density at radius 1 is 0.947 bits per heavy atom. The van der Waals surface area contributed by atoms with Gasteiger partial charge in [0.05, 0.1) is 0 Å². The molecule has 0 aromatic heterocycles. The number of alkyl halides is 1. The highest BCUT2D eigenvalue weighted by Crippen LogP contribution is 2.54. The van der Waals surface area contributed by atoms with E-state index in [1.54, 1.807) is 0 Å².